The van der Waals surface area contributed by atoms with E-state index in [1.54, 1.807) is 6.07 Å². The molecule has 0 aliphatic heterocycles. The Kier molecular flexibility index (Phi) is 3.91. The molecule has 0 aliphatic carbocycles. The number of imidazole rings is 1. The number of hydrogen-bond acceptors (Lipinski definition) is 3. The number of carbonyl (C=O) groups is 1. The number of H-pyrrole nitrogens is 1. The van der Waals surface area contributed by atoms with Gasteiger partial charge in [-0.15, -0.1) is 0 Å². The van der Waals surface area contributed by atoms with E-state index in [-0.39, 0.29) is 5.91 Å². The molecule has 2 aromatic heterocycles. The van der Waals surface area contributed by atoms with Crippen molar-refractivity contribution in [1.29, 1.82) is 0 Å². The SMILES string of the molecule is CCc1cc(C(=O)NCCn2c(C)nc3ccccc32)n[nH]1. The van der Waals surface area contributed by atoms with E-state index in [1.807, 2.05) is 38.1 Å². The van der Waals surface area contributed by atoms with Crippen molar-refractivity contribution in [1.82, 2.24) is 25.1 Å². The fourth-order valence-corrected chi connectivity index (χ4v) is 2.51. The number of aryl methyl sites for hydroxylation is 2. The number of rotatable bonds is 5. The first-order valence-electron chi connectivity index (χ1n) is 7.43. The maximum atomic E-state index is 12.0. The molecule has 3 rings (SSSR count). The normalized spacial score (nSPS) is 11.0. The molecule has 1 amide bonds. The predicted octanol–water partition coefficient (Wildman–Crippen LogP) is 2.06. The lowest BCUT2D eigenvalue weighted by molar-refractivity contribution is 0.0947. The summed E-state index contributed by atoms with van der Waals surface area (Å²) in [6.07, 6.45) is 0.834. The molecule has 0 atom stereocenters. The summed E-state index contributed by atoms with van der Waals surface area (Å²) >= 11 is 0. The third kappa shape index (κ3) is 2.72. The number of nitrogens with one attached hydrogen (secondary N) is 2. The number of aromatic nitrogens is 4. The van der Waals surface area contributed by atoms with E-state index < -0.39 is 0 Å². The lowest BCUT2D eigenvalue weighted by Gasteiger charge is -2.07. The van der Waals surface area contributed by atoms with Gasteiger partial charge in [-0.2, -0.15) is 5.10 Å². The van der Waals surface area contributed by atoms with Gasteiger partial charge in [0.15, 0.2) is 0 Å². The monoisotopic (exact) mass is 297 g/mol. The standard InChI is InChI=1S/C16H19N5O/c1-3-12-10-14(20-19-12)16(22)17-8-9-21-11(2)18-13-6-4-5-7-15(13)21/h4-7,10H,3,8-9H2,1-2H3,(H,17,22)(H,19,20). The molecule has 0 bridgehead atoms. The summed E-state index contributed by atoms with van der Waals surface area (Å²) in [4.78, 5) is 16.5. The highest BCUT2D eigenvalue weighted by Gasteiger charge is 2.10. The zero-order chi connectivity index (χ0) is 15.5. The topological polar surface area (TPSA) is 75.6 Å². The highest BCUT2D eigenvalue weighted by molar-refractivity contribution is 5.92. The van der Waals surface area contributed by atoms with Crippen molar-refractivity contribution in [2.24, 2.45) is 0 Å². The Bertz CT molecular complexity index is 802. The number of fused-ring (bicyclic) bond motifs is 1. The van der Waals surface area contributed by atoms with E-state index >= 15 is 0 Å². The first-order chi connectivity index (χ1) is 10.7. The van der Waals surface area contributed by atoms with Gasteiger partial charge in [-0.05, 0) is 31.5 Å². The van der Waals surface area contributed by atoms with E-state index in [0.717, 1.165) is 29.0 Å². The Morgan fingerprint density at radius 2 is 2.18 bits per heavy atom. The number of hydrogen-bond donors (Lipinski definition) is 2. The number of nitrogens with zero attached hydrogens (tertiary/aromatic N) is 3. The minimum atomic E-state index is -0.155. The van der Waals surface area contributed by atoms with E-state index in [4.69, 9.17) is 0 Å². The van der Waals surface area contributed by atoms with E-state index in [1.165, 1.54) is 0 Å². The van der Waals surface area contributed by atoms with Crippen molar-refractivity contribution in [3.8, 4) is 0 Å². The van der Waals surface area contributed by atoms with Crippen LogP contribution in [0.2, 0.25) is 0 Å². The first kappa shape index (κ1) is 14.3. The van der Waals surface area contributed by atoms with Crippen molar-refractivity contribution in [3.05, 3.63) is 47.5 Å². The van der Waals surface area contributed by atoms with Crippen molar-refractivity contribution < 1.29 is 4.79 Å². The van der Waals surface area contributed by atoms with Gasteiger partial charge in [0.05, 0.1) is 11.0 Å². The Morgan fingerprint density at radius 3 is 2.95 bits per heavy atom. The van der Waals surface area contributed by atoms with Gasteiger partial charge in [0.2, 0.25) is 0 Å². The molecule has 0 radical (unpaired) electrons. The lowest BCUT2D eigenvalue weighted by atomic mass is 10.3. The minimum absolute atomic E-state index is 0.155. The number of carbonyl (C=O) groups excluding carboxylic acids is 1. The van der Waals surface area contributed by atoms with Crippen molar-refractivity contribution in [2.45, 2.75) is 26.8 Å². The smallest absolute Gasteiger partial charge is 0.271 e. The van der Waals surface area contributed by atoms with Crippen molar-refractivity contribution in [3.63, 3.8) is 0 Å². The largest absolute Gasteiger partial charge is 0.349 e. The molecular weight excluding hydrogens is 278 g/mol. The summed E-state index contributed by atoms with van der Waals surface area (Å²) in [5.74, 6) is 0.793. The fraction of sp³-hybridized carbons (Fsp3) is 0.312. The zero-order valence-corrected chi connectivity index (χ0v) is 12.8. The summed E-state index contributed by atoms with van der Waals surface area (Å²) in [5, 5.41) is 9.76. The van der Waals surface area contributed by atoms with E-state index in [9.17, 15) is 4.79 Å². The van der Waals surface area contributed by atoms with Crippen molar-refractivity contribution in [2.75, 3.05) is 6.54 Å². The van der Waals surface area contributed by atoms with Crippen molar-refractivity contribution >= 4 is 16.9 Å². The number of benzene rings is 1. The molecule has 6 heteroatoms. The second-order valence-corrected chi connectivity index (χ2v) is 5.19. The molecule has 0 saturated carbocycles. The molecule has 1 aromatic carbocycles. The molecule has 114 valence electrons. The van der Waals surface area contributed by atoms with Gasteiger partial charge in [-0.1, -0.05) is 19.1 Å². The first-order valence-corrected chi connectivity index (χ1v) is 7.43. The van der Waals surface area contributed by atoms with Gasteiger partial charge in [0.1, 0.15) is 11.5 Å². The molecule has 2 heterocycles. The molecule has 6 nitrogen and oxygen atoms in total. The van der Waals surface area contributed by atoms with Crippen LogP contribution in [0.25, 0.3) is 11.0 Å². The fourth-order valence-electron chi connectivity index (χ4n) is 2.51. The lowest BCUT2D eigenvalue weighted by Crippen LogP contribution is -2.27. The van der Waals surface area contributed by atoms with Crippen LogP contribution in [0.15, 0.2) is 30.3 Å². The summed E-state index contributed by atoms with van der Waals surface area (Å²) in [6.45, 7) is 5.21. The third-order valence-corrected chi connectivity index (χ3v) is 3.71. The number of amides is 1. The zero-order valence-electron chi connectivity index (χ0n) is 12.8. The molecular formula is C16H19N5O. The second kappa shape index (κ2) is 6.01. The van der Waals surface area contributed by atoms with Crippen LogP contribution < -0.4 is 5.32 Å². The summed E-state index contributed by atoms with van der Waals surface area (Å²) in [6, 6.07) is 9.79. The van der Waals surface area contributed by atoms with Gasteiger partial charge in [-0.25, -0.2) is 4.98 Å². The predicted molar refractivity (Wildman–Crippen MR) is 84.8 cm³/mol. The van der Waals surface area contributed by atoms with Gasteiger partial charge in [0.25, 0.3) is 5.91 Å². The maximum Gasteiger partial charge on any atom is 0.271 e. The van der Waals surface area contributed by atoms with Crippen LogP contribution in [-0.4, -0.2) is 32.2 Å². The summed E-state index contributed by atoms with van der Waals surface area (Å²) in [7, 11) is 0. The molecule has 0 aliphatic rings. The average Bonchev–Trinajstić information content (AvgIpc) is 3.12. The van der Waals surface area contributed by atoms with E-state index in [0.29, 0.717) is 18.8 Å². The molecule has 0 saturated heterocycles. The van der Waals surface area contributed by atoms with Gasteiger partial charge in [-0.3, -0.25) is 9.89 Å². The van der Waals surface area contributed by atoms with Gasteiger partial charge < -0.3 is 9.88 Å². The van der Waals surface area contributed by atoms with Crippen LogP contribution in [0.4, 0.5) is 0 Å². The van der Waals surface area contributed by atoms with Crippen LogP contribution >= 0.6 is 0 Å². The maximum absolute atomic E-state index is 12.0. The highest BCUT2D eigenvalue weighted by atomic mass is 16.1. The number of aromatic amines is 1. The van der Waals surface area contributed by atoms with Crippen LogP contribution in [0.1, 0.15) is 28.9 Å². The summed E-state index contributed by atoms with van der Waals surface area (Å²) < 4.78 is 2.11. The summed E-state index contributed by atoms with van der Waals surface area (Å²) in [5.41, 5.74) is 3.46. The quantitative estimate of drug-likeness (QED) is 0.757. The molecule has 0 unspecified atom stereocenters. The molecule has 2 N–H and O–H groups in total. The van der Waals surface area contributed by atoms with Gasteiger partial charge >= 0.3 is 0 Å². The van der Waals surface area contributed by atoms with Crippen LogP contribution in [0.5, 0.6) is 0 Å². The Hall–Kier alpha value is -2.63. The highest BCUT2D eigenvalue weighted by Crippen LogP contribution is 2.14. The second-order valence-electron chi connectivity index (χ2n) is 5.19. The molecule has 0 spiro atoms. The van der Waals surface area contributed by atoms with Gasteiger partial charge in [0, 0.05) is 18.8 Å². The number of para-hydroxylation sites is 2. The van der Waals surface area contributed by atoms with Crippen LogP contribution in [-0.2, 0) is 13.0 Å². The Morgan fingerprint density at radius 1 is 1.36 bits per heavy atom. The van der Waals surface area contributed by atoms with E-state index in [2.05, 4.69) is 25.1 Å². The molecule has 3 aromatic rings. The molecule has 22 heavy (non-hydrogen) atoms. The Balaban J connectivity index is 1.65. The third-order valence-electron chi connectivity index (χ3n) is 3.71. The molecule has 0 fully saturated rings. The minimum Gasteiger partial charge on any atom is -0.349 e. The Labute approximate surface area is 128 Å². The van der Waals surface area contributed by atoms with Crippen LogP contribution in [0.3, 0.4) is 0 Å². The average molecular weight is 297 g/mol. The van der Waals surface area contributed by atoms with Crippen LogP contribution in [0, 0.1) is 6.92 Å².